The predicted molar refractivity (Wildman–Crippen MR) is 80.7 cm³/mol. The van der Waals surface area contributed by atoms with Crippen molar-refractivity contribution >= 4 is 33.2 Å². The molecule has 0 fully saturated rings. The maximum atomic E-state index is 10.8. The monoisotopic (exact) mass is 355 g/mol. The van der Waals surface area contributed by atoms with Crippen molar-refractivity contribution in [3.05, 3.63) is 73.2 Å². The first-order valence-electron chi connectivity index (χ1n) is 5.82. The molecule has 0 N–H and O–H groups in total. The second-order valence-corrected chi connectivity index (χ2v) is 5.36. The van der Waals surface area contributed by atoms with Crippen LogP contribution in [0.15, 0.2) is 46.9 Å². The van der Waals surface area contributed by atoms with Crippen LogP contribution in [-0.4, -0.2) is 4.92 Å². The van der Waals surface area contributed by atoms with Crippen molar-refractivity contribution in [1.82, 2.24) is 0 Å². The van der Waals surface area contributed by atoms with Crippen LogP contribution in [0.2, 0.25) is 5.02 Å². The molecular weight excluding hydrogens is 346 g/mol. The van der Waals surface area contributed by atoms with E-state index in [4.69, 9.17) is 16.3 Å². The fraction of sp³-hybridized carbons (Fsp3) is 0.143. The zero-order valence-corrected chi connectivity index (χ0v) is 12.7. The summed E-state index contributed by atoms with van der Waals surface area (Å²) in [7, 11) is 0. The molecule has 0 spiro atoms. The van der Waals surface area contributed by atoms with Crippen molar-refractivity contribution in [2.75, 3.05) is 0 Å². The Labute approximate surface area is 129 Å². The second kappa shape index (κ2) is 6.83. The van der Waals surface area contributed by atoms with Gasteiger partial charge in [-0.3, -0.25) is 10.1 Å². The normalized spacial score (nSPS) is 10.5. The van der Waals surface area contributed by atoms with Gasteiger partial charge in [0.1, 0.15) is 4.47 Å². The predicted octanol–water partition coefficient (Wildman–Crippen LogP) is 4.73. The lowest BCUT2D eigenvalue weighted by molar-refractivity contribution is -0.385. The van der Waals surface area contributed by atoms with Crippen molar-refractivity contribution in [1.29, 1.82) is 0 Å². The molecule has 2 aromatic rings. The first-order chi connectivity index (χ1) is 9.58. The lowest BCUT2D eigenvalue weighted by Crippen LogP contribution is -1.97. The van der Waals surface area contributed by atoms with E-state index in [1.54, 1.807) is 18.2 Å². The number of hydrogen-bond acceptors (Lipinski definition) is 3. The van der Waals surface area contributed by atoms with Crippen LogP contribution in [0.25, 0.3) is 0 Å². The molecule has 104 valence electrons. The number of nitrogens with zero attached hydrogens (tertiary/aromatic N) is 1. The minimum Gasteiger partial charge on any atom is -0.372 e. The summed E-state index contributed by atoms with van der Waals surface area (Å²) in [5.41, 5.74) is 1.73. The van der Waals surface area contributed by atoms with Gasteiger partial charge in [0, 0.05) is 11.1 Å². The fourth-order valence-corrected chi connectivity index (χ4v) is 2.46. The average Bonchev–Trinajstić information content (AvgIpc) is 2.40. The Bertz CT molecular complexity index is 634. The van der Waals surface area contributed by atoms with Crippen LogP contribution in [0.3, 0.4) is 0 Å². The molecule has 0 aliphatic rings. The van der Waals surface area contributed by atoms with E-state index in [0.717, 1.165) is 11.1 Å². The third kappa shape index (κ3) is 3.79. The van der Waals surface area contributed by atoms with Crippen LogP contribution in [0.5, 0.6) is 0 Å². The largest absolute Gasteiger partial charge is 0.372 e. The molecule has 0 atom stereocenters. The summed E-state index contributed by atoms with van der Waals surface area (Å²) >= 11 is 9.12. The maximum absolute atomic E-state index is 10.8. The highest BCUT2D eigenvalue weighted by molar-refractivity contribution is 9.10. The number of halogens is 2. The van der Waals surface area contributed by atoms with Gasteiger partial charge in [0.05, 0.1) is 18.1 Å². The first kappa shape index (κ1) is 15.0. The summed E-state index contributed by atoms with van der Waals surface area (Å²) in [6.45, 7) is 0.685. The van der Waals surface area contributed by atoms with Crippen LogP contribution in [0.4, 0.5) is 5.69 Å². The van der Waals surface area contributed by atoms with Crippen molar-refractivity contribution in [3.8, 4) is 0 Å². The summed E-state index contributed by atoms with van der Waals surface area (Å²) in [6.07, 6.45) is 0. The molecule has 6 heteroatoms. The van der Waals surface area contributed by atoms with E-state index in [2.05, 4.69) is 15.9 Å². The zero-order chi connectivity index (χ0) is 14.5. The summed E-state index contributed by atoms with van der Waals surface area (Å²) < 4.78 is 6.02. The molecule has 4 nitrogen and oxygen atoms in total. The molecular formula is C14H11BrClNO3. The maximum Gasteiger partial charge on any atom is 0.283 e. The van der Waals surface area contributed by atoms with E-state index >= 15 is 0 Å². The molecule has 0 amide bonds. The van der Waals surface area contributed by atoms with Gasteiger partial charge in [0.15, 0.2) is 0 Å². The third-order valence-electron chi connectivity index (χ3n) is 2.67. The van der Waals surface area contributed by atoms with Crippen LogP contribution in [0.1, 0.15) is 11.1 Å². The molecule has 0 heterocycles. The Kier molecular flexibility index (Phi) is 5.11. The lowest BCUT2D eigenvalue weighted by atomic mass is 10.2. The standard InChI is InChI=1S/C14H11BrClNO3/c15-14-11(4-2-6-13(14)17(18)19)9-20-8-10-3-1-5-12(16)7-10/h1-7H,8-9H2. The quantitative estimate of drug-likeness (QED) is 0.575. The number of rotatable bonds is 5. The lowest BCUT2D eigenvalue weighted by Gasteiger charge is -2.07. The van der Waals surface area contributed by atoms with E-state index in [9.17, 15) is 10.1 Å². The fourth-order valence-electron chi connectivity index (χ4n) is 1.72. The Hall–Kier alpha value is -1.43. The summed E-state index contributed by atoms with van der Waals surface area (Å²) in [5.74, 6) is 0. The van der Waals surface area contributed by atoms with Crippen molar-refractivity contribution in [2.45, 2.75) is 13.2 Å². The molecule has 0 saturated heterocycles. The van der Waals surface area contributed by atoms with Gasteiger partial charge < -0.3 is 4.74 Å². The Morgan fingerprint density at radius 1 is 1.20 bits per heavy atom. The van der Waals surface area contributed by atoms with Gasteiger partial charge in [-0.05, 0) is 39.2 Å². The molecule has 0 aromatic heterocycles. The summed E-state index contributed by atoms with van der Waals surface area (Å²) in [4.78, 5) is 10.4. The Balaban J connectivity index is 2.01. The van der Waals surface area contributed by atoms with Gasteiger partial charge >= 0.3 is 0 Å². The molecule has 0 unspecified atom stereocenters. The van der Waals surface area contributed by atoms with E-state index in [-0.39, 0.29) is 12.3 Å². The molecule has 0 radical (unpaired) electrons. The van der Waals surface area contributed by atoms with Crippen LogP contribution in [-0.2, 0) is 18.0 Å². The number of ether oxygens (including phenoxy) is 1. The van der Waals surface area contributed by atoms with Crippen LogP contribution >= 0.6 is 27.5 Å². The number of benzene rings is 2. The van der Waals surface area contributed by atoms with Gasteiger partial charge in [-0.15, -0.1) is 0 Å². The van der Waals surface area contributed by atoms with Gasteiger partial charge in [-0.1, -0.05) is 35.9 Å². The minimum absolute atomic E-state index is 0.0360. The topological polar surface area (TPSA) is 52.4 Å². The Morgan fingerprint density at radius 3 is 2.65 bits per heavy atom. The van der Waals surface area contributed by atoms with Crippen LogP contribution < -0.4 is 0 Å². The highest BCUT2D eigenvalue weighted by atomic mass is 79.9. The second-order valence-electron chi connectivity index (χ2n) is 4.13. The van der Waals surface area contributed by atoms with E-state index in [1.165, 1.54) is 6.07 Å². The van der Waals surface area contributed by atoms with E-state index in [1.807, 2.05) is 18.2 Å². The number of hydrogen-bond donors (Lipinski definition) is 0. The molecule has 0 saturated carbocycles. The van der Waals surface area contributed by atoms with Crippen molar-refractivity contribution < 1.29 is 9.66 Å². The molecule has 20 heavy (non-hydrogen) atoms. The molecule has 2 aromatic carbocycles. The molecule has 0 bridgehead atoms. The van der Waals surface area contributed by atoms with Gasteiger partial charge in [0.25, 0.3) is 5.69 Å². The number of nitro benzene ring substituents is 1. The van der Waals surface area contributed by atoms with E-state index < -0.39 is 4.92 Å². The summed E-state index contributed by atoms with van der Waals surface area (Å²) in [5, 5.41) is 11.5. The number of nitro groups is 1. The highest BCUT2D eigenvalue weighted by Crippen LogP contribution is 2.28. The van der Waals surface area contributed by atoms with Crippen molar-refractivity contribution in [2.24, 2.45) is 0 Å². The van der Waals surface area contributed by atoms with Gasteiger partial charge in [-0.2, -0.15) is 0 Å². The first-order valence-corrected chi connectivity index (χ1v) is 6.99. The van der Waals surface area contributed by atoms with Crippen molar-refractivity contribution in [3.63, 3.8) is 0 Å². The molecule has 2 rings (SSSR count). The van der Waals surface area contributed by atoms with E-state index in [0.29, 0.717) is 16.1 Å². The SMILES string of the molecule is O=[N+]([O-])c1cccc(COCc2cccc(Cl)c2)c1Br. The molecule has 0 aliphatic carbocycles. The third-order valence-corrected chi connectivity index (χ3v) is 3.82. The summed E-state index contributed by atoms with van der Waals surface area (Å²) in [6, 6.07) is 12.3. The highest BCUT2D eigenvalue weighted by Gasteiger charge is 2.14. The van der Waals surface area contributed by atoms with Gasteiger partial charge in [0.2, 0.25) is 0 Å². The minimum atomic E-state index is -0.426. The Morgan fingerprint density at radius 2 is 1.95 bits per heavy atom. The molecule has 0 aliphatic heterocycles. The zero-order valence-electron chi connectivity index (χ0n) is 10.4. The van der Waals surface area contributed by atoms with Gasteiger partial charge in [-0.25, -0.2) is 0 Å². The average molecular weight is 357 g/mol. The smallest absolute Gasteiger partial charge is 0.283 e. The van der Waals surface area contributed by atoms with Crippen LogP contribution in [0, 0.1) is 10.1 Å².